The van der Waals surface area contributed by atoms with Crippen molar-refractivity contribution in [2.24, 2.45) is 56.2 Å². The zero-order chi connectivity index (χ0) is 37.4. The van der Waals surface area contributed by atoms with Gasteiger partial charge >= 0.3 is 11.9 Å². The van der Waals surface area contributed by atoms with Gasteiger partial charge in [-0.2, -0.15) is 0 Å². The smallest absolute Gasteiger partial charge is 0.309 e. The summed E-state index contributed by atoms with van der Waals surface area (Å²) in [5, 5.41) is 25.3. The van der Waals surface area contributed by atoms with E-state index in [9.17, 15) is 24.6 Å². The lowest BCUT2D eigenvalue weighted by Crippen LogP contribution is -2.66. The lowest BCUT2D eigenvalue weighted by Gasteiger charge is -2.72. The molecule has 7 heteroatoms. The second-order valence-electron chi connectivity index (χ2n) is 19.7. The number of aliphatic hydroxyl groups is 1. The monoisotopic (exact) mass is 703 g/mol. The van der Waals surface area contributed by atoms with Crippen molar-refractivity contribution in [3.8, 4) is 0 Å². The average molecular weight is 704 g/mol. The SMILES string of the molecule is CC(C)C1=C2[C@H]3CC[C@@H]4[C@@]5(C)CC[C@H](OC(=O)CC(C)(C)C(=O)O)C(C)(C)[C@@H]5CC[C@@]4(C)[C@]3(C)CC[C@@]2([C@@H](O)CNCc2ccccc2)CC1=O. The molecule has 7 nitrogen and oxygen atoms in total. The van der Waals surface area contributed by atoms with Crippen LogP contribution in [-0.2, 0) is 25.7 Å². The zero-order valence-electron chi connectivity index (χ0n) is 32.9. The molecule has 3 N–H and O–H groups in total. The number of nitrogens with one attached hydrogen (secondary N) is 1. The molecule has 0 amide bonds. The summed E-state index contributed by atoms with van der Waals surface area (Å²) in [4.78, 5) is 38.8. The largest absolute Gasteiger partial charge is 0.481 e. The first-order chi connectivity index (χ1) is 23.7. The molecule has 51 heavy (non-hydrogen) atoms. The van der Waals surface area contributed by atoms with Crippen molar-refractivity contribution in [2.75, 3.05) is 6.54 Å². The van der Waals surface area contributed by atoms with Crippen LogP contribution in [-0.4, -0.2) is 46.7 Å². The number of Topliss-reactive ketones (excluding diaryl/α,β-unsaturated/α-hetero) is 1. The van der Waals surface area contributed by atoms with Gasteiger partial charge in [0.25, 0.3) is 0 Å². The molecule has 0 radical (unpaired) electrons. The molecule has 5 aliphatic rings. The fourth-order valence-corrected chi connectivity index (χ4v) is 13.1. The maximum absolute atomic E-state index is 14.0. The number of hydrogen-bond donors (Lipinski definition) is 3. The fourth-order valence-electron chi connectivity index (χ4n) is 13.1. The second kappa shape index (κ2) is 13.1. The maximum atomic E-state index is 14.0. The molecule has 9 atom stereocenters. The van der Waals surface area contributed by atoms with Gasteiger partial charge in [-0.05, 0) is 116 Å². The third kappa shape index (κ3) is 5.95. The molecule has 0 unspecified atom stereocenters. The number of fused-ring (bicyclic) bond motifs is 7. The number of carbonyl (C=O) groups excluding carboxylic acids is 2. The van der Waals surface area contributed by atoms with Crippen LogP contribution in [0.25, 0.3) is 0 Å². The normalized spacial score (nSPS) is 38.0. The minimum Gasteiger partial charge on any atom is -0.481 e. The summed E-state index contributed by atoms with van der Waals surface area (Å²) in [7, 11) is 0. The molecule has 0 saturated heterocycles. The van der Waals surface area contributed by atoms with Gasteiger partial charge in [-0.25, -0.2) is 0 Å². The Labute approximate surface area is 306 Å². The number of ether oxygens (including phenoxy) is 1. The third-order valence-electron chi connectivity index (χ3n) is 16.0. The van der Waals surface area contributed by atoms with Gasteiger partial charge in [-0.3, -0.25) is 14.4 Å². The van der Waals surface area contributed by atoms with Crippen molar-refractivity contribution in [1.29, 1.82) is 0 Å². The molecular formula is C44H65NO6. The molecule has 4 fully saturated rings. The Hall–Kier alpha value is -2.51. The van der Waals surface area contributed by atoms with Crippen LogP contribution < -0.4 is 5.32 Å². The summed E-state index contributed by atoms with van der Waals surface area (Å²) in [5.74, 6) is 0.107. The number of benzene rings is 1. The van der Waals surface area contributed by atoms with E-state index in [-0.39, 0.29) is 51.8 Å². The molecule has 6 rings (SSSR count). The first-order valence-corrected chi connectivity index (χ1v) is 19.9. The van der Waals surface area contributed by atoms with Crippen molar-refractivity contribution in [1.82, 2.24) is 5.32 Å². The van der Waals surface area contributed by atoms with E-state index in [4.69, 9.17) is 4.74 Å². The molecule has 4 saturated carbocycles. The predicted octanol–water partition coefficient (Wildman–Crippen LogP) is 8.53. The molecule has 0 heterocycles. The molecule has 0 aromatic heterocycles. The first kappa shape index (κ1) is 38.2. The summed E-state index contributed by atoms with van der Waals surface area (Å²) in [5.41, 5.74) is 1.73. The Bertz CT molecular complexity index is 1560. The molecule has 282 valence electrons. The topological polar surface area (TPSA) is 113 Å². The molecular weight excluding hydrogens is 638 g/mol. The Morgan fingerprint density at radius 2 is 1.61 bits per heavy atom. The van der Waals surface area contributed by atoms with Gasteiger partial charge in [-0.15, -0.1) is 0 Å². The minimum absolute atomic E-state index is 0.000545. The second-order valence-corrected chi connectivity index (χ2v) is 19.7. The van der Waals surface area contributed by atoms with E-state index in [1.165, 1.54) is 11.1 Å². The first-order valence-electron chi connectivity index (χ1n) is 19.9. The fraction of sp³-hybridized carbons (Fsp3) is 0.750. The van der Waals surface area contributed by atoms with Gasteiger partial charge in [0.1, 0.15) is 6.10 Å². The number of aliphatic carboxylic acids is 1. The van der Waals surface area contributed by atoms with Crippen LogP contribution in [0.15, 0.2) is 41.5 Å². The number of allylic oxidation sites excluding steroid dienone is 1. The highest BCUT2D eigenvalue weighted by molar-refractivity contribution is 6.00. The molecule has 0 spiro atoms. The van der Waals surface area contributed by atoms with E-state index < -0.39 is 28.9 Å². The highest BCUT2D eigenvalue weighted by Gasteiger charge is 2.70. The predicted molar refractivity (Wildman–Crippen MR) is 199 cm³/mol. The molecule has 1 aromatic carbocycles. The van der Waals surface area contributed by atoms with Crippen LogP contribution in [0.5, 0.6) is 0 Å². The summed E-state index contributed by atoms with van der Waals surface area (Å²) in [6.45, 7) is 20.8. The van der Waals surface area contributed by atoms with Crippen LogP contribution in [0.1, 0.15) is 132 Å². The lowest BCUT2D eigenvalue weighted by molar-refractivity contribution is -0.235. The molecule has 0 aliphatic heterocycles. The lowest BCUT2D eigenvalue weighted by atomic mass is 9.33. The van der Waals surface area contributed by atoms with Crippen LogP contribution in [0.3, 0.4) is 0 Å². The standard InChI is InChI=1S/C44H65NO6/c1-27(2)36-30(46)23-44(33(47)26-45-25-28-13-11-10-12-14-28)22-21-42(8)29(37(36)44)15-16-32-41(7)19-18-34(51-35(48)24-39(3,4)38(49)50)40(5,6)31(41)17-20-43(32,42)9/h10-14,27,29,31-34,45,47H,15-26H2,1-9H3,(H,49,50)/t29-,31+,32-,33+,34+,41+,42-,43-,44+/m1/s1. The number of esters is 1. The van der Waals surface area contributed by atoms with E-state index in [0.29, 0.717) is 31.3 Å². The molecule has 0 bridgehead atoms. The number of carboxylic acids is 1. The highest BCUT2D eigenvalue weighted by Crippen LogP contribution is 2.77. The van der Waals surface area contributed by atoms with E-state index in [1.54, 1.807) is 13.8 Å². The third-order valence-corrected chi connectivity index (χ3v) is 16.0. The van der Waals surface area contributed by atoms with E-state index in [0.717, 1.165) is 56.9 Å². The van der Waals surface area contributed by atoms with Crippen molar-refractivity contribution < 1.29 is 29.3 Å². The molecule has 1 aromatic rings. The van der Waals surface area contributed by atoms with Crippen LogP contribution in [0.4, 0.5) is 0 Å². The number of hydrogen-bond acceptors (Lipinski definition) is 6. The number of ketones is 1. The Kier molecular flexibility index (Phi) is 9.82. The number of carboxylic acid groups (broad SMARTS) is 1. The van der Waals surface area contributed by atoms with Crippen molar-refractivity contribution in [3.63, 3.8) is 0 Å². The highest BCUT2D eigenvalue weighted by atomic mass is 16.5. The molecule has 5 aliphatic carbocycles. The van der Waals surface area contributed by atoms with Crippen LogP contribution >= 0.6 is 0 Å². The summed E-state index contributed by atoms with van der Waals surface area (Å²) in [6.07, 6.45) is 7.32. The van der Waals surface area contributed by atoms with Gasteiger partial charge in [0.15, 0.2) is 5.78 Å². The van der Waals surface area contributed by atoms with E-state index >= 15 is 0 Å². The van der Waals surface area contributed by atoms with Gasteiger partial charge in [0.05, 0.1) is 17.9 Å². The van der Waals surface area contributed by atoms with E-state index in [1.807, 2.05) is 18.2 Å². The van der Waals surface area contributed by atoms with Gasteiger partial charge in [0.2, 0.25) is 0 Å². The number of carbonyl (C=O) groups is 3. The Balaban J connectivity index is 1.26. The number of rotatable bonds is 10. The van der Waals surface area contributed by atoms with Gasteiger partial charge in [-0.1, -0.05) is 84.4 Å². The van der Waals surface area contributed by atoms with Gasteiger partial charge < -0.3 is 20.3 Å². The van der Waals surface area contributed by atoms with Crippen LogP contribution in [0.2, 0.25) is 0 Å². The summed E-state index contributed by atoms with van der Waals surface area (Å²) >= 11 is 0. The van der Waals surface area contributed by atoms with Crippen LogP contribution in [0, 0.1) is 56.2 Å². The van der Waals surface area contributed by atoms with E-state index in [2.05, 4.69) is 65.9 Å². The maximum Gasteiger partial charge on any atom is 0.309 e. The quantitative estimate of drug-likeness (QED) is 0.210. The number of aliphatic hydroxyl groups excluding tert-OH is 1. The summed E-state index contributed by atoms with van der Waals surface area (Å²) in [6, 6.07) is 10.3. The van der Waals surface area contributed by atoms with Crippen molar-refractivity contribution in [2.45, 2.75) is 145 Å². The van der Waals surface area contributed by atoms with Crippen molar-refractivity contribution >= 4 is 17.7 Å². The zero-order valence-corrected chi connectivity index (χ0v) is 32.9. The summed E-state index contributed by atoms with van der Waals surface area (Å²) < 4.78 is 6.16. The average Bonchev–Trinajstić information content (AvgIpc) is 3.36. The Morgan fingerprint density at radius 3 is 2.25 bits per heavy atom. The Morgan fingerprint density at radius 1 is 0.922 bits per heavy atom. The minimum atomic E-state index is -1.16. The van der Waals surface area contributed by atoms with Gasteiger partial charge in [0, 0.05) is 30.3 Å². The van der Waals surface area contributed by atoms with Crippen molar-refractivity contribution in [3.05, 3.63) is 47.0 Å².